The molecule has 194 valence electrons. The molecule has 0 spiro atoms. The molecule has 2 aromatic rings. The predicted octanol–water partition coefficient (Wildman–Crippen LogP) is 4.93. The lowest BCUT2D eigenvalue weighted by molar-refractivity contribution is -0.384. The van der Waals surface area contributed by atoms with Crippen LogP contribution in [0.3, 0.4) is 0 Å². The van der Waals surface area contributed by atoms with Crippen LogP contribution in [0.15, 0.2) is 65.0 Å². The molecule has 2 aromatic carbocycles. The number of methoxy groups -OCH3 is 2. The standard InChI is InChI=1S/C28H30N2O7/c1-5-12-37-28(32)25-16(2)29-21-13-19(18-8-11-23(35-3)24(15-18)36-4)14-22(31)27(21)26(25)17-6-9-20(10-7-17)30(33)34/h6-11,15,19,26,29H,5,12-14H2,1-4H3. The number of nitro groups is 1. The molecule has 0 saturated carbocycles. The zero-order valence-electron chi connectivity index (χ0n) is 21.3. The van der Waals surface area contributed by atoms with Crippen molar-refractivity contribution in [3.05, 3.63) is 86.2 Å². The highest BCUT2D eigenvalue weighted by atomic mass is 16.6. The molecule has 0 aromatic heterocycles. The van der Waals surface area contributed by atoms with Gasteiger partial charge in [0.15, 0.2) is 17.3 Å². The summed E-state index contributed by atoms with van der Waals surface area (Å²) in [7, 11) is 3.14. The average molecular weight is 507 g/mol. The van der Waals surface area contributed by atoms with Crippen LogP contribution in [0.25, 0.3) is 0 Å². The number of nitrogens with zero attached hydrogens (tertiary/aromatic N) is 1. The SMILES string of the molecule is CCCOC(=O)C1=C(C)NC2=C(C(=O)CC(c3ccc(OC)c(OC)c3)C2)C1c1ccc([N+](=O)[O-])cc1. The third-order valence-corrected chi connectivity index (χ3v) is 6.80. The van der Waals surface area contributed by atoms with Gasteiger partial charge < -0.3 is 19.5 Å². The Kier molecular flexibility index (Phi) is 7.61. The van der Waals surface area contributed by atoms with E-state index >= 15 is 0 Å². The molecule has 0 radical (unpaired) electrons. The minimum Gasteiger partial charge on any atom is -0.493 e. The second-order valence-corrected chi connectivity index (χ2v) is 9.12. The first-order chi connectivity index (χ1) is 17.8. The number of nitrogens with one attached hydrogen (secondary N) is 1. The number of carbonyl (C=O) groups is 2. The normalized spacial score (nSPS) is 19.2. The number of non-ortho nitro benzene ring substituents is 1. The third kappa shape index (κ3) is 5.07. The van der Waals surface area contributed by atoms with Crippen molar-refractivity contribution in [2.45, 2.75) is 44.9 Å². The van der Waals surface area contributed by atoms with E-state index < -0.39 is 16.8 Å². The Morgan fingerprint density at radius 1 is 1.05 bits per heavy atom. The van der Waals surface area contributed by atoms with Gasteiger partial charge in [0.2, 0.25) is 0 Å². The monoisotopic (exact) mass is 506 g/mol. The Morgan fingerprint density at radius 2 is 1.73 bits per heavy atom. The van der Waals surface area contributed by atoms with E-state index in [0.29, 0.717) is 46.7 Å². The molecule has 0 fully saturated rings. The van der Waals surface area contributed by atoms with Crippen LogP contribution in [0.1, 0.15) is 56.1 Å². The third-order valence-electron chi connectivity index (χ3n) is 6.80. The first-order valence-corrected chi connectivity index (χ1v) is 12.2. The molecule has 2 atom stereocenters. The number of allylic oxidation sites excluding steroid dienone is 3. The molecule has 9 nitrogen and oxygen atoms in total. The van der Waals surface area contributed by atoms with Crippen molar-refractivity contribution in [2.24, 2.45) is 0 Å². The van der Waals surface area contributed by atoms with E-state index in [0.717, 1.165) is 11.3 Å². The van der Waals surface area contributed by atoms with Crippen molar-refractivity contribution in [1.29, 1.82) is 0 Å². The van der Waals surface area contributed by atoms with E-state index in [2.05, 4.69) is 5.32 Å². The Morgan fingerprint density at radius 3 is 2.35 bits per heavy atom. The second-order valence-electron chi connectivity index (χ2n) is 9.12. The van der Waals surface area contributed by atoms with E-state index in [4.69, 9.17) is 14.2 Å². The van der Waals surface area contributed by atoms with Crippen molar-refractivity contribution in [3.63, 3.8) is 0 Å². The largest absolute Gasteiger partial charge is 0.493 e. The molecule has 1 N–H and O–H groups in total. The summed E-state index contributed by atoms with van der Waals surface area (Å²) in [5, 5.41) is 14.5. The van der Waals surface area contributed by atoms with Crippen molar-refractivity contribution in [3.8, 4) is 11.5 Å². The van der Waals surface area contributed by atoms with Gasteiger partial charge >= 0.3 is 5.97 Å². The van der Waals surface area contributed by atoms with Gasteiger partial charge in [0.1, 0.15) is 0 Å². The molecule has 4 rings (SSSR count). The zero-order valence-corrected chi connectivity index (χ0v) is 21.3. The number of esters is 1. The Balaban J connectivity index is 1.76. The average Bonchev–Trinajstić information content (AvgIpc) is 2.90. The zero-order chi connectivity index (χ0) is 26.7. The molecule has 9 heteroatoms. The second kappa shape index (κ2) is 10.9. The molecular formula is C28H30N2O7. The van der Waals surface area contributed by atoms with E-state index in [1.54, 1.807) is 33.3 Å². The van der Waals surface area contributed by atoms with E-state index in [-0.39, 0.29) is 30.4 Å². The smallest absolute Gasteiger partial charge is 0.336 e. The number of benzene rings is 2. The fraction of sp³-hybridized carbons (Fsp3) is 0.357. The van der Waals surface area contributed by atoms with Gasteiger partial charge in [-0.1, -0.05) is 25.1 Å². The van der Waals surface area contributed by atoms with Gasteiger partial charge in [-0.25, -0.2) is 4.79 Å². The molecule has 2 aliphatic rings. The number of ether oxygens (including phenoxy) is 3. The first kappa shape index (κ1) is 25.9. The summed E-state index contributed by atoms with van der Waals surface area (Å²) in [6.45, 7) is 3.94. The number of Topliss-reactive ketones (excluding diaryl/α,β-unsaturated/α-hetero) is 1. The number of hydrogen-bond acceptors (Lipinski definition) is 8. The van der Waals surface area contributed by atoms with Crippen LogP contribution in [0.4, 0.5) is 5.69 Å². The molecule has 37 heavy (non-hydrogen) atoms. The quantitative estimate of drug-likeness (QED) is 0.304. The molecule has 0 bridgehead atoms. The fourth-order valence-electron chi connectivity index (χ4n) is 5.05. The molecule has 2 unspecified atom stereocenters. The minimum absolute atomic E-state index is 0.0637. The van der Waals surface area contributed by atoms with Crippen LogP contribution in [0, 0.1) is 10.1 Å². The summed E-state index contributed by atoms with van der Waals surface area (Å²) in [5.41, 5.74) is 3.69. The predicted molar refractivity (Wildman–Crippen MR) is 136 cm³/mol. The number of nitro benzene ring substituents is 1. The van der Waals surface area contributed by atoms with Gasteiger partial charge in [-0.2, -0.15) is 0 Å². The van der Waals surface area contributed by atoms with Crippen LogP contribution in [-0.4, -0.2) is 37.5 Å². The maximum atomic E-state index is 13.7. The van der Waals surface area contributed by atoms with Crippen molar-refractivity contribution in [1.82, 2.24) is 5.32 Å². The number of rotatable bonds is 8. The summed E-state index contributed by atoms with van der Waals surface area (Å²) in [4.78, 5) is 37.6. The highest BCUT2D eigenvalue weighted by Gasteiger charge is 2.41. The van der Waals surface area contributed by atoms with Crippen molar-refractivity contribution >= 4 is 17.4 Å². The number of hydrogen-bond donors (Lipinski definition) is 1. The summed E-state index contributed by atoms with van der Waals surface area (Å²) in [6, 6.07) is 11.6. The lowest BCUT2D eigenvalue weighted by Crippen LogP contribution is -2.36. The lowest BCUT2D eigenvalue weighted by Gasteiger charge is -2.36. The minimum atomic E-state index is -0.680. The Labute approximate surface area is 215 Å². The number of dihydropyridines is 1. The van der Waals surface area contributed by atoms with Crippen LogP contribution < -0.4 is 14.8 Å². The Bertz CT molecular complexity index is 1290. The number of ketones is 1. The summed E-state index contributed by atoms with van der Waals surface area (Å²) < 4.78 is 16.3. The molecule has 1 aliphatic heterocycles. The van der Waals surface area contributed by atoms with Crippen molar-refractivity contribution in [2.75, 3.05) is 20.8 Å². The van der Waals surface area contributed by atoms with Gasteiger partial charge in [-0.3, -0.25) is 14.9 Å². The van der Waals surface area contributed by atoms with E-state index in [9.17, 15) is 19.7 Å². The van der Waals surface area contributed by atoms with Crippen LogP contribution in [0.2, 0.25) is 0 Å². The molecule has 0 saturated heterocycles. The van der Waals surface area contributed by atoms with Crippen LogP contribution in [-0.2, 0) is 14.3 Å². The molecule has 0 amide bonds. The van der Waals surface area contributed by atoms with Gasteiger partial charge in [0.25, 0.3) is 5.69 Å². The number of carbonyl (C=O) groups excluding carboxylic acids is 2. The fourth-order valence-corrected chi connectivity index (χ4v) is 5.05. The molecule has 1 aliphatic carbocycles. The van der Waals surface area contributed by atoms with Crippen LogP contribution in [0.5, 0.6) is 11.5 Å². The van der Waals surface area contributed by atoms with E-state index in [1.165, 1.54) is 12.1 Å². The maximum absolute atomic E-state index is 13.7. The molecule has 1 heterocycles. The first-order valence-electron chi connectivity index (χ1n) is 12.2. The van der Waals surface area contributed by atoms with Gasteiger partial charge in [0.05, 0.1) is 31.3 Å². The Hall–Kier alpha value is -4.14. The van der Waals surface area contributed by atoms with Gasteiger partial charge in [0, 0.05) is 41.4 Å². The highest BCUT2D eigenvalue weighted by Crippen LogP contribution is 2.46. The highest BCUT2D eigenvalue weighted by molar-refractivity contribution is 6.04. The van der Waals surface area contributed by atoms with Gasteiger partial charge in [-0.05, 0) is 48.9 Å². The summed E-state index contributed by atoms with van der Waals surface area (Å²) in [6.07, 6.45) is 1.46. The van der Waals surface area contributed by atoms with E-state index in [1.807, 2.05) is 25.1 Å². The summed E-state index contributed by atoms with van der Waals surface area (Å²) in [5.74, 6) is -0.180. The summed E-state index contributed by atoms with van der Waals surface area (Å²) >= 11 is 0. The lowest BCUT2D eigenvalue weighted by atomic mass is 9.71. The van der Waals surface area contributed by atoms with Gasteiger partial charge in [-0.15, -0.1) is 0 Å². The topological polar surface area (TPSA) is 117 Å². The van der Waals surface area contributed by atoms with Crippen LogP contribution >= 0.6 is 0 Å². The van der Waals surface area contributed by atoms with Crippen molar-refractivity contribution < 1.29 is 28.7 Å². The molecular weight excluding hydrogens is 476 g/mol. The maximum Gasteiger partial charge on any atom is 0.336 e.